The van der Waals surface area contributed by atoms with Gasteiger partial charge in [-0.25, -0.2) is 13.2 Å². The zero-order chi connectivity index (χ0) is 16.5. The standard InChI is InChI=1S/C13H14N2O6S/c1-22(20,21)15-7-2-3-8-9(4-5-11(16)17)12(13(18)19)14-10(8)6-7/h2-3,6,14-15H,4-5H2,1H3,(H,16,17)(H,18,19). The number of aromatic nitrogens is 1. The maximum atomic E-state index is 11.3. The van der Waals surface area contributed by atoms with Crippen LogP contribution in [0.4, 0.5) is 5.69 Å². The number of sulfonamides is 1. The van der Waals surface area contributed by atoms with Crippen molar-refractivity contribution in [1.82, 2.24) is 4.98 Å². The zero-order valence-corrected chi connectivity index (χ0v) is 12.4. The molecule has 0 amide bonds. The van der Waals surface area contributed by atoms with Gasteiger partial charge in [-0.2, -0.15) is 0 Å². The molecule has 1 aromatic heterocycles. The first kappa shape index (κ1) is 15.8. The number of carboxylic acids is 2. The van der Waals surface area contributed by atoms with E-state index in [1.165, 1.54) is 12.1 Å². The molecular formula is C13H14N2O6S. The third-order valence-electron chi connectivity index (χ3n) is 3.01. The van der Waals surface area contributed by atoms with Crippen LogP contribution in [0.3, 0.4) is 0 Å². The fourth-order valence-corrected chi connectivity index (χ4v) is 2.76. The van der Waals surface area contributed by atoms with Gasteiger partial charge in [0.15, 0.2) is 0 Å². The van der Waals surface area contributed by atoms with Gasteiger partial charge in [-0.05, 0) is 24.1 Å². The SMILES string of the molecule is CS(=O)(=O)Nc1ccc2c(CCC(=O)O)c(C(=O)O)[nH]c2c1. The highest BCUT2D eigenvalue weighted by Gasteiger charge is 2.18. The van der Waals surface area contributed by atoms with Crippen LogP contribution >= 0.6 is 0 Å². The number of hydrogen-bond donors (Lipinski definition) is 4. The minimum Gasteiger partial charge on any atom is -0.481 e. The van der Waals surface area contributed by atoms with Crippen LogP contribution in [0.2, 0.25) is 0 Å². The van der Waals surface area contributed by atoms with E-state index in [0.29, 0.717) is 16.5 Å². The summed E-state index contributed by atoms with van der Waals surface area (Å²) in [6, 6.07) is 4.52. The molecule has 2 rings (SSSR count). The summed E-state index contributed by atoms with van der Waals surface area (Å²) in [5, 5.41) is 18.5. The number of aromatic amines is 1. The van der Waals surface area contributed by atoms with Gasteiger partial charge in [-0.1, -0.05) is 6.07 Å². The number of aliphatic carboxylic acids is 1. The fourth-order valence-electron chi connectivity index (χ4n) is 2.21. The van der Waals surface area contributed by atoms with Gasteiger partial charge in [-0.3, -0.25) is 9.52 Å². The van der Waals surface area contributed by atoms with E-state index in [9.17, 15) is 23.1 Å². The number of hydrogen-bond acceptors (Lipinski definition) is 4. The molecule has 0 aliphatic carbocycles. The van der Waals surface area contributed by atoms with Crippen LogP contribution in [0.25, 0.3) is 10.9 Å². The first-order chi connectivity index (χ1) is 10.2. The molecule has 8 nitrogen and oxygen atoms in total. The summed E-state index contributed by atoms with van der Waals surface area (Å²) >= 11 is 0. The van der Waals surface area contributed by atoms with E-state index in [-0.39, 0.29) is 24.2 Å². The third kappa shape index (κ3) is 3.55. The Morgan fingerprint density at radius 3 is 2.50 bits per heavy atom. The van der Waals surface area contributed by atoms with Gasteiger partial charge >= 0.3 is 11.9 Å². The summed E-state index contributed by atoms with van der Waals surface area (Å²) in [7, 11) is -3.44. The smallest absolute Gasteiger partial charge is 0.352 e. The maximum absolute atomic E-state index is 11.3. The van der Waals surface area contributed by atoms with Crippen LogP contribution in [0.5, 0.6) is 0 Å². The molecule has 22 heavy (non-hydrogen) atoms. The first-order valence-electron chi connectivity index (χ1n) is 6.25. The number of anilines is 1. The number of carbonyl (C=O) groups is 2. The monoisotopic (exact) mass is 326 g/mol. The molecule has 2 aromatic rings. The average Bonchev–Trinajstić information content (AvgIpc) is 2.72. The highest BCUT2D eigenvalue weighted by Crippen LogP contribution is 2.27. The van der Waals surface area contributed by atoms with E-state index in [0.717, 1.165) is 6.26 Å². The number of carboxylic acid groups (broad SMARTS) is 2. The van der Waals surface area contributed by atoms with Crippen molar-refractivity contribution in [2.24, 2.45) is 0 Å². The van der Waals surface area contributed by atoms with E-state index in [4.69, 9.17) is 5.11 Å². The minimum atomic E-state index is -3.44. The Morgan fingerprint density at radius 2 is 1.95 bits per heavy atom. The molecule has 0 bridgehead atoms. The minimum absolute atomic E-state index is 0.0653. The van der Waals surface area contributed by atoms with E-state index in [2.05, 4.69) is 9.71 Å². The molecule has 118 valence electrons. The van der Waals surface area contributed by atoms with Crippen molar-refractivity contribution in [3.05, 3.63) is 29.5 Å². The molecule has 0 fully saturated rings. The van der Waals surface area contributed by atoms with E-state index in [1.54, 1.807) is 6.07 Å². The van der Waals surface area contributed by atoms with Crippen molar-refractivity contribution in [3.63, 3.8) is 0 Å². The Kier molecular flexibility index (Phi) is 4.09. The van der Waals surface area contributed by atoms with Crippen molar-refractivity contribution >= 4 is 38.6 Å². The van der Waals surface area contributed by atoms with Crippen molar-refractivity contribution in [2.45, 2.75) is 12.8 Å². The quantitative estimate of drug-likeness (QED) is 0.630. The summed E-state index contributed by atoms with van der Waals surface area (Å²) in [6.45, 7) is 0. The zero-order valence-electron chi connectivity index (χ0n) is 11.6. The summed E-state index contributed by atoms with van der Waals surface area (Å²) in [6.07, 6.45) is 0.874. The second-order valence-corrected chi connectivity index (χ2v) is 6.56. The first-order valence-corrected chi connectivity index (χ1v) is 8.14. The normalized spacial score (nSPS) is 11.5. The molecule has 0 saturated carbocycles. The molecule has 0 aliphatic heterocycles. The Bertz CT molecular complexity index is 853. The van der Waals surface area contributed by atoms with E-state index >= 15 is 0 Å². The number of rotatable bonds is 6. The Hall–Kier alpha value is -2.55. The van der Waals surface area contributed by atoms with Crippen LogP contribution in [-0.2, 0) is 21.2 Å². The van der Waals surface area contributed by atoms with E-state index < -0.39 is 22.0 Å². The molecule has 0 spiro atoms. The summed E-state index contributed by atoms with van der Waals surface area (Å²) in [4.78, 5) is 24.6. The van der Waals surface area contributed by atoms with Crippen molar-refractivity contribution in [3.8, 4) is 0 Å². The molecule has 0 unspecified atom stereocenters. The Balaban J connectivity index is 2.51. The molecule has 1 heterocycles. The van der Waals surface area contributed by atoms with Gasteiger partial charge in [-0.15, -0.1) is 0 Å². The predicted molar refractivity (Wildman–Crippen MR) is 79.7 cm³/mol. The highest BCUT2D eigenvalue weighted by molar-refractivity contribution is 7.92. The highest BCUT2D eigenvalue weighted by atomic mass is 32.2. The topological polar surface area (TPSA) is 137 Å². The molecule has 0 saturated heterocycles. The van der Waals surface area contributed by atoms with Crippen LogP contribution in [0, 0.1) is 0 Å². The lowest BCUT2D eigenvalue weighted by atomic mass is 10.1. The summed E-state index contributed by atoms with van der Waals surface area (Å²) < 4.78 is 24.7. The second-order valence-electron chi connectivity index (χ2n) is 4.81. The number of nitrogens with one attached hydrogen (secondary N) is 2. The van der Waals surface area contributed by atoms with Crippen LogP contribution < -0.4 is 4.72 Å². The molecule has 0 radical (unpaired) electrons. The van der Waals surface area contributed by atoms with Gasteiger partial charge in [0.2, 0.25) is 10.0 Å². The molecule has 1 aromatic carbocycles. The maximum Gasteiger partial charge on any atom is 0.352 e. The van der Waals surface area contributed by atoms with Crippen LogP contribution in [-0.4, -0.2) is 41.8 Å². The van der Waals surface area contributed by atoms with E-state index in [1.807, 2.05) is 0 Å². The van der Waals surface area contributed by atoms with Crippen LogP contribution in [0.1, 0.15) is 22.5 Å². The second kappa shape index (κ2) is 5.68. The van der Waals surface area contributed by atoms with Crippen molar-refractivity contribution in [2.75, 3.05) is 11.0 Å². The van der Waals surface area contributed by atoms with Crippen LogP contribution in [0.15, 0.2) is 18.2 Å². The van der Waals surface area contributed by atoms with Gasteiger partial charge < -0.3 is 15.2 Å². The molecular weight excluding hydrogens is 312 g/mol. The lowest BCUT2D eigenvalue weighted by Gasteiger charge is -2.04. The van der Waals surface area contributed by atoms with Gasteiger partial charge in [0.25, 0.3) is 0 Å². The van der Waals surface area contributed by atoms with Gasteiger partial charge in [0, 0.05) is 17.3 Å². The van der Waals surface area contributed by atoms with Crippen molar-refractivity contribution in [1.29, 1.82) is 0 Å². The number of H-pyrrole nitrogens is 1. The average molecular weight is 326 g/mol. The summed E-state index contributed by atoms with van der Waals surface area (Å²) in [5.41, 5.74) is 1.01. The number of aromatic carboxylic acids is 1. The lowest BCUT2D eigenvalue weighted by molar-refractivity contribution is -0.136. The van der Waals surface area contributed by atoms with Crippen molar-refractivity contribution < 1.29 is 28.2 Å². The predicted octanol–water partition coefficient (Wildman–Crippen LogP) is 1.25. The number of aryl methyl sites for hydroxylation is 1. The molecule has 0 aliphatic rings. The van der Waals surface area contributed by atoms with Gasteiger partial charge in [0.1, 0.15) is 5.69 Å². The third-order valence-corrected chi connectivity index (χ3v) is 3.62. The molecule has 9 heteroatoms. The number of benzene rings is 1. The Labute approximate surface area is 125 Å². The fraction of sp³-hybridized carbons (Fsp3) is 0.231. The molecule has 4 N–H and O–H groups in total. The number of fused-ring (bicyclic) bond motifs is 1. The largest absolute Gasteiger partial charge is 0.481 e. The van der Waals surface area contributed by atoms with Gasteiger partial charge in [0.05, 0.1) is 11.9 Å². The lowest BCUT2D eigenvalue weighted by Crippen LogP contribution is -2.09. The summed E-state index contributed by atoms with van der Waals surface area (Å²) in [5.74, 6) is -2.23. The Morgan fingerprint density at radius 1 is 1.27 bits per heavy atom. The molecule has 0 atom stereocenters.